The van der Waals surface area contributed by atoms with Crippen molar-refractivity contribution in [3.05, 3.63) is 23.2 Å². The average molecular weight is 458 g/mol. The lowest BCUT2D eigenvalue weighted by Gasteiger charge is -2.27. The van der Waals surface area contributed by atoms with Gasteiger partial charge in [0, 0.05) is 24.8 Å². The van der Waals surface area contributed by atoms with Gasteiger partial charge in [-0.2, -0.15) is 8.78 Å². The number of hydrogen-bond acceptors (Lipinski definition) is 6. The number of aromatic nitrogens is 3. The fourth-order valence-corrected chi connectivity index (χ4v) is 4.45. The van der Waals surface area contributed by atoms with Crippen molar-refractivity contribution in [2.75, 3.05) is 29.1 Å². The number of ether oxygens (including phenoxy) is 1. The summed E-state index contributed by atoms with van der Waals surface area (Å²) in [5.74, 6) is 0.671. The number of thioether (sulfide) groups is 1. The first-order valence-electron chi connectivity index (χ1n) is 9.88. The van der Waals surface area contributed by atoms with Crippen LogP contribution in [0.3, 0.4) is 0 Å². The minimum atomic E-state index is -2.96. The van der Waals surface area contributed by atoms with Crippen molar-refractivity contribution in [3.8, 4) is 5.75 Å². The molecule has 1 aliphatic heterocycles. The Bertz CT molecular complexity index is 903. The molecule has 30 heavy (non-hydrogen) atoms. The van der Waals surface area contributed by atoms with E-state index in [-0.39, 0.29) is 22.4 Å². The highest BCUT2D eigenvalue weighted by Crippen LogP contribution is 2.41. The number of carbonyl (C=O) groups excluding carboxylic acids is 1. The highest BCUT2D eigenvalue weighted by Gasteiger charge is 2.32. The normalized spacial score (nSPS) is 16.7. The first-order chi connectivity index (χ1) is 14.5. The van der Waals surface area contributed by atoms with Gasteiger partial charge in [-0.25, -0.2) is 0 Å². The molecule has 1 saturated heterocycles. The van der Waals surface area contributed by atoms with Crippen LogP contribution in [0, 0.1) is 0 Å². The van der Waals surface area contributed by atoms with Gasteiger partial charge in [-0.05, 0) is 50.3 Å². The zero-order valence-corrected chi connectivity index (χ0v) is 17.8. The Balaban J connectivity index is 1.37. The smallest absolute Gasteiger partial charge is 0.387 e. The van der Waals surface area contributed by atoms with Crippen LogP contribution in [0.5, 0.6) is 5.75 Å². The molecule has 2 aliphatic rings. The number of anilines is 2. The predicted molar refractivity (Wildman–Crippen MR) is 112 cm³/mol. The second-order valence-corrected chi connectivity index (χ2v) is 8.64. The van der Waals surface area contributed by atoms with E-state index in [2.05, 4.69) is 29.7 Å². The second-order valence-electron chi connectivity index (χ2n) is 7.29. The Morgan fingerprint density at radius 3 is 2.70 bits per heavy atom. The highest BCUT2D eigenvalue weighted by molar-refractivity contribution is 7.99. The minimum Gasteiger partial charge on any atom is -0.433 e. The van der Waals surface area contributed by atoms with Crippen LogP contribution in [0.2, 0.25) is 5.02 Å². The summed E-state index contributed by atoms with van der Waals surface area (Å²) in [4.78, 5) is 14.7. The SMILES string of the molecule is O=C(CSc1nnc(N2CCCCC2)n1C1CC1)Nc1ccc(OC(F)F)c(Cl)c1. The summed E-state index contributed by atoms with van der Waals surface area (Å²) in [7, 11) is 0. The molecule has 1 aromatic carbocycles. The van der Waals surface area contributed by atoms with Crippen molar-refractivity contribution >= 4 is 40.9 Å². The van der Waals surface area contributed by atoms with E-state index in [1.807, 2.05) is 0 Å². The molecule has 1 aliphatic carbocycles. The maximum Gasteiger partial charge on any atom is 0.387 e. The van der Waals surface area contributed by atoms with Crippen molar-refractivity contribution in [3.63, 3.8) is 0 Å². The third-order valence-electron chi connectivity index (χ3n) is 4.96. The Morgan fingerprint density at radius 2 is 2.03 bits per heavy atom. The minimum absolute atomic E-state index is 0.000373. The van der Waals surface area contributed by atoms with Crippen LogP contribution in [0.4, 0.5) is 20.4 Å². The monoisotopic (exact) mass is 457 g/mol. The lowest BCUT2D eigenvalue weighted by atomic mass is 10.1. The Kier molecular flexibility index (Phi) is 6.62. The maximum atomic E-state index is 12.4. The first-order valence-corrected chi connectivity index (χ1v) is 11.2. The Morgan fingerprint density at radius 1 is 1.27 bits per heavy atom. The molecule has 1 saturated carbocycles. The number of halogens is 3. The lowest BCUT2D eigenvalue weighted by Crippen LogP contribution is -2.32. The van der Waals surface area contributed by atoms with Gasteiger partial charge >= 0.3 is 6.61 Å². The molecule has 7 nitrogen and oxygen atoms in total. The predicted octanol–water partition coefficient (Wildman–Crippen LogP) is 4.59. The van der Waals surface area contributed by atoms with E-state index in [1.54, 1.807) is 0 Å². The lowest BCUT2D eigenvalue weighted by molar-refractivity contribution is -0.113. The molecule has 0 atom stereocenters. The molecule has 2 fully saturated rings. The van der Waals surface area contributed by atoms with Crippen molar-refractivity contribution < 1.29 is 18.3 Å². The van der Waals surface area contributed by atoms with Crippen LogP contribution in [-0.4, -0.2) is 46.1 Å². The average Bonchev–Trinajstić information content (AvgIpc) is 3.48. The van der Waals surface area contributed by atoms with Gasteiger partial charge in [-0.3, -0.25) is 9.36 Å². The van der Waals surface area contributed by atoms with E-state index >= 15 is 0 Å². The summed E-state index contributed by atoms with van der Waals surface area (Å²) in [6.45, 7) is -0.984. The van der Waals surface area contributed by atoms with E-state index < -0.39 is 6.61 Å². The number of nitrogens with one attached hydrogen (secondary N) is 1. The van der Waals surface area contributed by atoms with Gasteiger partial charge in [0.25, 0.3) is 0 Å². The summed E-state index contributed by atoms with van der Waals surface area (Å²) in [5, 5.41) is 12.2. The van der Waals surface area contributed by atoms with Gasteiger partial charge in [0.1, 0.15) is 5.75 Å². The number of nitrogens with zero attached hydrogens (tertiary/aromatic N) is 4. The van der Waals surface area contributed by atoms with E-state index in [9.17, 15) is 13.6 Å². The van der Waals surface area contributed by atoms with Crippen molar-refractivity contribution in [1.82, 2.24) is 14.8 Å². The Labute approximate surface area is 182 Å². The molecule has 2 aromatic rings. The quantitative estimate of drug-likeness (QED) is 0.584. The molecule has 0 radical (unpaired) electrons. The summed E-state index contributed by atoms with van der Waals surface area (Å²) >= 11 is 7.27. The van der Waals surface area contributed by atoms with Crippen LogP contribution in [-0.2, 0) is 4.79 Å². The fourth-order valence-electron chi connectivity index (χ4n) is 3.43. The van der Waals surface area contributed by atoms with Gasteiger partial charge in [-0.1, -0.05) is 23.4 Å². The summed E-state index contributed by atoms with van der Waals surface area (Å²) in [5.41, 5.74) is 0.407. The number of piperidine rings is 1. The van der Waals surface area contributed by atoms with Gasteiger partial charge < -0.3 is 15.0 Å². The number of hydrogen-bond donors (Lipinski definition) is 1. The van der Waals surface area contributed by atoms with Crippen molar-refractivity contribution in [1.29, 1.82) is 0 Å². The second kappa shape index (κ2) is 9.38. The van der Waals surface area contributed by atoms with E-state index in [4.69, 9.17) is 11.6 Å². The van der Waals surface area contributed by atoms with Crippen LogP contribution < -0.4 is 15.0 Å². The molecule has 1 amide bonds. The third-order valence-corrected chi connectivity index (χ3v) is 6.20. The number of rotatable bonds is 8. The summed E-state index contributed by atoms with van der Waals surface area (Å²) < 4.78 is 31.1. The maximum absolute atomic E-state index is 12.4. The van der Waals surface area contributed by atoms with Crippen LogP contribution in [0.25, 0.3) is 0 Å². The first kappa shape index (κ1) is 21.2. The fraction of sp³-hybridized carbons (Fsp3) is 0.526. The standard InChI is InChI=1S/C19H22ClF2N5O2S/c20-14-10-12(4-7-15(14)29-17(21)22)23-16(28)11-30-19-25-24-18(27(19)13-5-6-13)26-8-2-1-3-9-26/h4,7,10,13,17H,1-3,5-6,8-9,11H2,(H,23,28). The molecule has 162 valence electrons. The molecule has 2 heterocycles. The van der Waals surface area contributed by atoms with Crippen LogP contribution in [0.1, 0.15) is 38.1 Å². The highest BCUT2D eigenvalue weighted by atomic mass is 35.5. The zero-order valence-electron chi connectivity index (χ0n) is 16.2. The molecule has 11 heteroatoms. The van der Waals surface area contributed by atoms with Crippen LogP contribution in [0.15, 0.2) is 23.4 Å². The van der Waals surface area contributed by atoms with E-state index in [1.165, 1.54) is 36.4 Å². The Hall–Kier alpha value is -2.07. The van der Waals surface area contributed by atoms with Crippen LogP contribution >= 0.6 is 23.4 Å². The van der Waals surface area contributed by atoms with Crippen molar-refractivity contribution in [2.45, 2.75) is 49.9 Å². The van der Waals surface area contributed by atoms with E-state index in [0.717, 1.165) is 49.9 Å². The van der Waals surface area contributed by atoms with Gasteiger partial charge in [0.2, 0.25) is 11.9 Å². The molecule has 0 spiro atoms. The van der Waals surface area contributed by atoms with Crippen molar-refractivity contribution in [2.24, 2.45) is 0 Å². The molecular formula is C19H22ClF2N5O2S. The number of benzene rings is 1. The number of alkyl halides is 2. The van der Waals surface area contributed by atoms with Gasteiger partial charge in [0.15, 0.2) is 5.16 Å². The van der Waals surface area contributed by atoms with Gasteiger partial charge in [-0.15, -0.1) is 10.2 Å². The summed E-state index contributed by atoms with van der Waals surface area (Å²) in [6.07, 6.45) is 5.77. The zero-order chi connectivity index (χ0) is 21.1. The molecule has 0 bridgehead atoms. The largest absolute Gasteiger partial charge is 0.433 e. The molecule has 0 unspecified atom stereocenters. The molecular weight excluding hydrogens is 436 g/mol. The summed E-state index contributed by atoms with van der Waals surface area (Å²) in [6, 6.07) is 4.55. The van der Waals surface area contributed by atoms with E-state index in [0.29, 0.717) is 11.7 Å². The third kappa shape index (κ3) is 5.15. The molecule has 4 rings (SSSR count). The van der Waals surface area contributed by atoms with Gasteiger partial charge in [0.05, 0.1) is 10.8 Å². The molecule has 1 aromatic heterocycles. The number of carbonyl (C=O) groups is 1. The molecule has 1 N–H and O–H groups in total. The number of amides is 1. The topological polar surface area (TPSA) is 72.3 Å².